The standard InChI is InChI=1S/C12H18N4O3S/c1-7(12-8(2)15-19-9(12)3)13-4-10(17)6-18-11-5-14-20-16-11/h5,7,10,13,17H,4,6H2,1-3H3. The van der Waals surface area contributed by atoms with Gasteiger partial charge in [0, 0.05) is 18.2 Å². The third kappa shape index (κ3) is 3.75. The molecular weight excluding hydrogens is 280 g/mol. The number of rotatable bonds is 7. The van der Waals surface area contributed by atoms with Crippen LogP contribution in [0.2, 0.25) is 0 Å². The third-order valence-electron chi connectivity index (χ3n) is 2.95. The van der Waals surface area contributed by atoms with Crippen molar-refractivity contribution in [1.29, 1.82) is 0 Å². The van der Waals surface area contributed by atoms with Crippen LogP contribution in [0.1, 0.15) is 30.0 Å². The minimum Gasteiger partial charge on any atom is -0.473 e. The summed E-state index contributed by atoms with van der Waals surface area (Å²) in [5.74, 6) is 1.23. The molecule has 0 aliphatic carbocycles. The van der Waals surface area contributed by atoms with E-state index in [2.05, 4.69) is 19.2 Å². The Morgan fingerprint density at radius 1 is 1.50 bits per heavy atom. The molecule has 0 amide bonds. The Morgan fingerprint density at radius 3 is 2.90 bits per heavy atom. The Balaban J connectivity index is 1.77. The van der Waals surface area contributed by atoms with E-state index in [0.717, 1.165) is 28.7 Å². The van der Waals surface area contributed by atoms with E-state index in [9.17, 15) is 5.11 Å². The fourth-order valence-corrected chi connectivity index (χ4v) is 2.35. The van der Waals surface area contributed by atoms with E-state index in [1.807, 2.05) is 20.8 Å². The summed E-state index contributed by atoms with van der Waals surface area (Å²) in [6.45, 7) is 6.36. The molecule has 0 spiro atoms. The van der Waals surface area contributed by atoms with Crippen molar-refractivity contribution < 1.29 is 14.4 Å². The molecule has 2 atom stereocenters. The first-order valence-corrected chi connectivity index (χ1v) is 7.05. The van der Waals surface area contributed by atoms with Crippen molar-refractivity contribution >= 4 is 11.7 Å². The van der Waals surface area contributed by atoms with E-state index in [4.69, 9.17) is 9.26 Å². The molecule has 0 fully saturated rings. The lowest BCUT2D eigenvalue weighted by molar-refractivity contribution is 0.102. The predicted octanol–water partition coefficient (Wildman–Crippen LogP) is 1.23. The summed E-state index contributed by atoms with van der Waals surface area (Å²) in [6, 6.07) is 0.0526. The van der Waals surface area contributed by atoms with Crippen LogP contribution in [0.15, 0.2) is 10.7 Å². The first-order chi connectivity index (χ1) is 9.58. The number of hydrogen-bond donors (Lipinski definition) is 2. The molecule has 2 rings (SSSR count). The molecule has 7 nitrogen and oxygen atoms in total. The number of aliphatic hydroxyl groups is 1. The predicted molar refractivity (Wildman–Crippen MR) is 73.8 cm³/mol. The number of aromatic nitrogens is 3. The van der Waals surface area contributed by atoms with Crippen molar-refractivity contribution in [2.75, 3.05) is 13.2 Å². The van der Waals surface area contributed by atoms with Crippen LogP contribution in [0.3, 0.4) is 0 Å². The summed E-state index contributed by atoms with van der Waals surface area (Å²) in [6.07, 6.45) is 0.900. The molecule has 2 aromatic rings. The fraction of sp³-hybridized carbons (Fsp3) is 0.583. The molecule has 0 aliphatic rings. The van der Waals surface area contributed by atoms with Gasteiger partial charge in [-0.2, -0.15) is 4.37 Å². The Labute approximate surface area is 121 Å². The van der Waals surface area contributed by atoms with Gasteiger partial charge in [0.2, 0.25) is 5.88 Å². The second kappa shape index (κ2) is 6.78. The molecule has 0 radical (unpaired) electrons. The molecule has 110 valence electrons. The van der Waals surface area contributed by atoms with Crippen molar-refractivity contribution in [1.82, 2.24) is 19.2 Å². The van der Waals surface area contributed by atoms with E-state index in [1.165, 1.54) is 6.20 Å². The van der Waals surface area contributed by atoms with E-state index < -0.39 is 6.10 Å². The largest absolute Gasteiger partial charge is 0.473 e. The third-order valence-corrected chi connectivity index (χ3v) is 3.41. The summed E-state index contributed by atoms with van der Waals surface area (Å²) < 4.78 is 18.1. The lowest BCUT2D eigenvalue weighted by Gasteiger charge is -2.17. The molecule has 0 saturated carbocycles. The van der Waals surface area contributed by atoms with Gasteiger partial charge >= 0.3 is 0 Å². The van der Waals surface area contributed by atoms with Crippen LogP contribution in [0.4, 0.5) is 0 Å². The molecule has 8 heteroatoms. The topological polar surface area (TPSA) is 93.3 Å². The van der Waals surface area contributed by atoms with E-state index >= 15 is 0 Å². The SMILES string of the molecule is Cc1noc(C)c1C(C)NCC(O)COc1cnsn1. The van der Waals surface area contributed by atoms with Gasteiger partial charge in [0.1, 0.15) is 24.7 Å². The average molecular weight is 298 g/mol. The van der Waals surface area contributed by atoms with Gasteiger partial charge in [-0.3, -0.25) is 0 Å². The van der Waals surface area contributed by atoms with Crippen molar-refractivity contribution in [2.45, 2.75) is 32.9 Å². The number of hydrogen-bond acceptors (Lipinski definition) is 8. The van der Waals surface area contributed by atoms with Crippen molar-refractivity contribution in [3.8, 4) is 5.88 Å². The fourth-order valence-electron chi connectivity index (χ4n) is 1.98. The zero-order chi connectivity index (χ0) is 14.5. The van der Waals surface area contributed by atoms with Gasteiger partial charge in [-0.1, -0.05) is 5.16 Å². The van der Waals surface area contributed by atoms with Crippen LogP contribution in [-0.4, -0.2) is 38.3 Å². The summed E-state index contributed by atoms with van der Waals surface area (Å²) in [5.41, 5.74) is 1.89. The number of ether oxygens (including phenoxy) is 1. The summed E-state index contributed by atoms with van der Waals surface area (Å²) in [7, 11) is 0. The number of nitrogens with one attached hydrogen (secondary N) is 1. The monoisotopic (exact) mass is 298 g/mol. The highest BCUT2D eigenvalue weighted by atomic mass is 32.1. The molecule has 0 saturated heterocycles. The van der Waals surface area contributed by atoms with Crippen molar-refractivity contribution in [2.24, 2.45) is 0 Å². The van der Waals surface area contributed by atoms with Gasteiger partial charge in [0.15, 0.2) is 0 Å². The number of aryl methyl sites for hydroxylation is 2. The number of aliphatic hydroxyl groups excluding tert-OH is 1. The number of nitrogens with zero attached hydrogens (tertiary/aromatic N) is 3. The molecule has 0 aliphatic heterocycles. The Hall–Kier alpha value is -1.51. The maximum Gasteiger partial charge on any atom is 0.245 e. The maximum atomic E-state index is 9.86. The first kappa shape index (κ1) is 14.9. The zero-order valence-corrected chi connectivity index (χ0v) is 12.5. The molecular formula is C12H18N4O3S. The van der Waals surface area contributed by atoms with Crippen LogP contribution in [-0.2, 0) is 0 Å². The Kier molecular flexibility index (Phi) is 5.05. The minimum atomic E-state index is -0.625. The summed E-state index contributed by atoms with van der Waals surface area (Å²) >= 11 is 1.07. The average Bonchev–Trinajstić information content (AvgIpc) is 3.04. The highest BCUT2D eigenvalue weighted by Gasteiger charge is 2.17. The summed E-state index contributed by atoms with van der Waals surface area (Å²) in [4.78, 5) is 0. The highest BCUT2D eigenvalue weighted by Crippen LogP contribution is 2.20. The van der Waals surface area contributed by atoms with Gasteiger partial charge in [-0.25, -0.2) is 0 Å². The molecule has 0 bridgehead atoms. The van der Waals surface area contributed by atoms with E-state index in [-0.39, 0.29) is 12.6 Å². The van der Waals surface area contributed by atoms with Crippen LogP contribution >= 0.6 is 11.7 Å². The lowest BCUT2D eigenvalue weighted by Crippen LogP contribution is -2.33. The lowest BCUT2D eigenvalue weighted by atomic mass is 10.1. The van der Waals surface area contributed by atoms with Gasteiger partial charge in [-0.15, -0.1) is 4.37 Å². The van der Waals surface area contributed by atoms with E-state index in [0.29, 0.717) is 12.4 Å². The Morgan fingerprint density at radius 2 is 2.30 bits per heavy atom. The van der Waals surface area contributed by atoms with Crippen molar-refractivity contribution in [3.05, 3.63) is 23.2 Å². The molecule has 2 aromatic heterocycles. The van der Waals surface area contributed by atoms with Crippen molar-refractivity contribution in [3.63, 3.8) is 0 Å². The van der Waals surface area contributed by atoms with Gasteiger partial charge in [0.25, 0.3) is 0 Å². The van der Waals surface area contributed by atoms with Crippen LogP contribution in [0.5, 0.6) is 5.88 Å². The van der Waals surface area contributed by atoms with Gasteiger partial charge < -0.3 is 19.7 Å². The normalized spacial score (nSPS) is 14.2. The smallest absolute Gasteiger partial charge is 0.245 e. The van der Waals surface area contributed by atoms with E-state index in [1.54, 1.807) is 0 Å². The first-order valence-electron chi connectivity index (χ1n) is 6.32. The summed E-state index contributed by atoms with van der Waals surface area (Å²) in [5, 5.41) is 17.0. The molecule has 2 N–H and O–H groups in total. The molecule has 20 heavy (non-hydrogen) atoms. The Bertz CT molecular complexity index is 509. The van der Waals surface area contributed by atoms with Crippen LogP contribution in [0.25, 0.3) is 0 Å². The quantitative estimate of drug-likeness (QED) is 0.794. The minimum absolute atomic E-state index is 0.0526. The second-order valence-electron chi connectivity index (χ2n) is 4.58. The molecule has 2 unspecified atom stereocenters. The molecule has 0 aromatic carbocycles. The second-order valence-corrected chi connectivity index (χ2v) is 5.13. The molecule has 2 heterocycles. The van der Waals surface area contributed by atoms with Gasteiger partial charge in [0.05, 0.1) is 17.4 Å². The van der Waals surface area contributed by atoms with Crippen LogP contribution in [0, 0.1) is 13.8 Å². The zero-order valence-electron chi connectivity index (χ0n) is 11.7. The maximum absolute atomic E-state index is 9.86. The highest BCUT2D eigenvalue weighted by molar-refractivity contribution is 6.99. The van der Waals surface area contributed by atoms with Crippen LogP contribution < -0.4 is 10.1 Å². The van der Waals surface area contributed by atoms with Gasteiger partial charge in [-0.05, 0) is 20.8 Å².